The van der Waals surface area contributed by atoms with Crippen LogP contribution in [0.3, 0.4) is 0 Å². The maximum Gasteiger partial charge on any atom is 0.220 e. The van der Waals surface area contributed by atoms with Crippen LogP contribution in [-0.4, -0.2) is 34.9 Å². The van der Waals surface area contributed by atoms with E-state index in [1.54, 1.807) is 6.08 Å². The molecule has 0 fully saturated rings. The molecule has 0 aliphatic carbocycles. The maximum absolute atomic E-state index is 12.5. The van der Waals surface area contributed by atoms with Crippen LogP contribution in [-0.2, 0) is 4.79 Å². The first kappa shape index (κ1) is 69.6. The summed E-state index contributed by atoms with van der Waals surface area (Å²) in [4.78, 5) is 12.5. The van der Waals surface area contributed by atoms with E-state index in [1.165, 1.54) is 315 Å². The molecule has 4 nitrogen and oxygen atoms in total. The predicted octanol–water partition coefficient (Wildman–Crippen LogP) is 22.0. The number of hydrogen-bond donors (Lipinski definition) is 3. The lowest BCUT2D eigenvalue weighted by molar-refractivity contribution is -0.123. The topological polar surface area (TPSA) is 69.6 Å². The Balaban J connectivity index is 3.40. The fourth-order valence-corrected chi connectivity index (χ4v) is 10.4. The van der Waals surface area contributed by atoms with Gasteiger partial charge in [-0.3, -0.25) is 4.79 Å². The van der Waals surface area contributed by atoms with Crippen molar-refractivity contribution in [3.05, 3.63) is 36.5 Å². The highest BCUT2D eigenvalue weighted by atomic mass is 16.3. The van der Waals surface area contributed by atoms with Gasteiger partial charge in [0.25, 0.3) is 0 Å². The average molecular weight is 997 g/mol. The number of hydrogen-bond acceptors (Lipinski definition) is 3. The Morgan fingerprint density at radius 3 is 0.817 bits per heavy atom. The van der Waals surface area contributed by atoms with Gasteiger partial charge in [-0.15, -0.1) is 0 Å². The summed E-state index contributed by atoms with van der Waals surface area (Å²) in [7, 11) is 0. The molecule has 0 rings (SSSR count). The van der Waals surface area contributed by atoms with Crippen LogP contribution in [0.4, 0.5) is 0 Å². The van der Waals surface area contributed by atoms with Gasteiger partial charge in [0, 0.05) is 6.42 Å². The summed E-state index contributed by atoms with van der Waals surface area (Å²) in [5.41, 5.74) is 0. The zero-order valence-corrected chi connectivity index (χ0v) is 48.5. The monoisotopic (exact) mass is 996 g/mol. The van der Waals surface area contributed by atoms with Crippen molar-refractivity contribution >= 4 is 5.91 Å². The van der Waals surface area contributed by atoms with E-state index in [0.29, 0.717) is 6.42 Å². The largest absolute Gasteiger partial charge is 0.394 e. The summed E-state index contributed by atoms with van der Waals surface area (Å²) in [5, 5.41) is 23.2. The zero-order chi connectivity index (χ0) is 51.3. The molecular formula is C67H129NO3. The van der Waals surface area contributed by atoms with E-state index in [4.69, 9.17) is 0 Å². The zero-order valence-electron chi connectivity index (χ0n) is 48.5. The van der Waals surface area contributed by atoms with Gasteiger partial charge in [0.2, 0.25) is 5.91 Å². The van der Waals surface area contributed by atoms with Crippen LogP contribution >= 0.6 is 0 Å². The standard InChI is InChI=1S/C67H129NO3/c1-3-5-7-9-11-13-15-17-19-21-23-25-26-27-28-29-30-31-32-33-34-35-36-37-38-39-40-41-42-43-45-47-49-51-53-55-57-59-61-63-67(71)68-65(64-69)66(70)62-60-58-56-54-52-50-48-46-44-24-22-20-18-16-14-12-10-8-6-4-2/h21,23,52,54,60,62,65-66,69-70H,3-20,22,24-51,53,55-59,61,63-64H2,1-2H3,(H,68,71)/b23-21-,54-52+,62-60+. The number of carbonyl (C=O) groups is 1. The van der Waals surface area contributed by atoms with Crippen molar-refractivity contribution in [1.82, 2.24) is 5.32 Å². The Bertz CT molecular complexity index is 1080. The number of rotatable bonds is 61. The van der Waals surface area contributed by atoms with Gasteiger partial charge in [0.1, 0.15) is 0 Å². The number of carbonyl (C=O) groups excluding carboxylic acids is 1. The van der Waals surface area contributed by atoms with Crippen LogP contribution < -0.4 is 5.32 Å². The third kappa shape index (κ3) is 59.4. The third-order valence-electron chi connectivity index (χ3n) is 15.3. The van der Waals surface area contributed by atoms with E-state index >= 15 is 0 Å². The van der Waals surface area contributed by atoms with Gasteiger partial charge in [-0.2, -0.15) is 0 Å². The van der Waals surface area contributed by atoms with Gasteiger partial charge in [0.15, 0.2) is 0 Å². The van der Waals surface area contributed by atoms with Crippen LogP contribution in [0.25, 0.3) is 0 Å². The Kier molecular flexibility index (Phi) is 61.7. The Labute approximate surface area is 446 Å². The van der Waals surface area contributed by atoms with Crippen molar-refractivity contribution in [3.8, 4) is 0 Å². The van der Waals surface area contributed by atoms with Gasteiger partial charge in [-0.1, -0.05) is 339 Å². The van der Waals surface area contributed by atoms with Crippen LogP contribution in [0, 0.1) is 0 Å². The number of allylic oxidation sites excluding steroid dienone is 5. The highest BCUT2D eigenvalue weighted by molar-refractivity contribution is 5.76. The highest BCUT2D eigenvalue weighted by Gasteiger charge is 2.18. The molecular weight excluding hydrogens is 867 g/mol. The lowest BCUT2D eigenvalue weighted by atomic mass is 10.0. The molecule has 0 bridgehead atoms. The minimum Gasteiger partial charge on any atom is -0.394 e. The second-order valence-corrected chi connectivity index (χ2v) is 22.5. The molecule has 0 aromatic rings. The molecule has 0 aliphatic rings. The number of nitrogens with one attached hydrogen (secondary N) is 1. The molecule has 0 saturated heterocycles. The smallest absolute Gasteiger partial charge is 0.220 e. The van der Waals surface area contributed by atoms with Crippen molar-refractivity contribution in [3.63, 3.8) is 0 Å². The van der Waals surface area contributed by atoms with Crippen molar-refractivity contribution in [2.45, 2.75) is 379 Å². The summed E-state index contributed by atoms with van der Waals surface area (Å²) in [6.07, 6.45) is 86.5. The molecule has 4 heteroatoms. The number of amides is 1. The van der Waals surface area contributed by atoms with E-state index in [9.17, 15) is 15.0 Å². The molecule has 0 spiro atoms. The summed E-state index contributed by atoms with van der Waals surface area (Å²) in [6, 6.07) is -0.638. The molecule has 0 aliphatic heterocycles. The molecule has 0 heterocycles. The minimum absolute atomic E-state index is 0.0663. The lowest BCUT2D eigenvalue weighted by Crippen LogP contribution is -2.45. The molecule has 2 atom stereocenters. The van der Waals surface area contributed by atoms with Crippen LogP contribution in [0.5, 0.6) is 0 Å². The Morgan fingerprint density at radius 2 is 0.549 bits per heavy atom. The fourth-order valence-electron chi connectivity index (χ4n) is 10.4. The first-order chi connectivity index (χ1) is 35.2. The molecule has 0 aromatic carbocycles. The summed E-state index contributed by atoms with van der Waals surface area (Å²) in [5.74, 6) is -0.0663. The Morgan fingerprint density at radius 1 is 0.324 bits per heavy atom. The summed E-state index contributed by atoms with van der Waals surface area (Å²) in [6.45, 7) is 4.33. The molecule has 420 valence electrons. The first-order valence-electron chi connectivity index (χ1n) is 32.7. The summed E-state index contributed by atoms with van der Waals surface area (Å²) >= 11 is 0. The van der Waals surface area contributed by atoms with Crippen LogP contribution in [0.15, 0.2) is 36.5 Å². The quantitative estimate of drug-likeness (QED) is 0.0420. The van der Waals surface area contributed by atoms with Gasteiger partial charge < -0.3 is 15.5 Å². The molecule has 2 unspecified atom stereocenters. The van der Waals surface area contributed by atoms with E-state index in [-0.39, 0.29) is 12.5 Å². The molecule has 0 radical (unpaired) electrons. The Hall–Kier alpha value is -1.39. The average Bonchev–Trinajstić information content (AvgIpc) is 3.37. The maximum atomic E-state index is 12.5. The van der Waals surface area contributed by atoms with E-state index < -0.39 is 12.1 Å². The van der Waals surface area contributed by atoms with Crippen LogP contribution in [0.2, 0.25) is 0 Å². The molecule has 1 amide bonds. The number of aliphatic hydroxyl groups excluding tert-OH is 2. The minimum atomic E-state index is -0.861. The van der Waals surface area contributed by atoms with E-state index in [0.717, 1.165) is 32.1 Å². The second kappa shape index (κ2) is 62.9. The van der Waals surface area contributed by atoms with Crippen molar-refractivity contribution < 1.29 is 15.0 Å². The number of aliphatic hydroxyl groups is 2. The first-order valence-corrected chi connectivity index (χ1v) is 32.7. The van der Waals surface area contributed by atoms with Crippen molar-refractivity contribution in [1.29, 1.82) is 0 Å². The lowest BCUT2D eigenvalue weighted by Gasteiger charge is -2.19. The van der Waals surface area contributed by atoms with Crippen molar-refractivity contribution in [2.75, 3.05) is 6.61 Å². The molecule has 0 saturated carbocycles. The van der Waals surface area contributed by atoms with Gasteiger partial charge in [-0.05, 0) is 57.8 Å². The molecule has 0 aromatic heterocycles. The van der Waals surface area contributed by atoms with Crippen molar-refractivity contribution in [2.24, 2.45) is 0 Å². The van der Waals surface area contributed by atoms with E-state index in [1.807, 2.05) is 6.08 Å². The van der Waals surface area contributed by atoms with Gasteiger partial charge >= 0.3 is 0 Å². The molecule has 3 N–H and O–H groups in total. The second-order valence-electron chi connectivity index (χ2n) is 22.5. The SMILES string of the molecule is CCCCCCCCCC/C=C\CCCCCCCCCCCCCCCCCCCCCCCCCCCCCC(=O)NC(CO)C(O)/C=C/CC/C=C/CCCCCCCCCCCCCCCC. The van der Waals surface area contributed by atoms with E-state index in [2.05, 4.69) is 43.5 Å². The number of unbranched alkanes of at least 4 members (excludes halogenated alkanes) is 50. The van der Waals surface area contributed by atoms with Crippen LogP contribution in [0.1, 0.15) is 367 Å². The molecule has 71 heavy (non-hydrogen) atoms. The fraction of sp³-hybridized carbons (Fsp3) is 0.896. The summed E-state index contributed by atoms with van der Waals surface area (Å²) < 4.78 is 0. The third-order valence-corrected chi connectivity index (χ3v) is 15.3. The highest BCUT2D eigenvalue weighted by Crippen LogP contribution is 2.18. The van der Waals surface area contributed by atoms with Gasteiger partial charge in [0.05, 0.1) is 18.8 Å². The predicted molar refractivity (Wildman–Crippen MR) is 318 cm³/mol. The normalized spacial score (nSPS) is 12.9. The van der Waals surface area contributed by atoms with Gasteiger partial charge in [-0.25, -0.2) is 0 Å².